The number of aromatic nitrogens is 1. The Kier molecular flexibility index (Phi) is 3.56. The maximum Gasteiger partial charge on any atom is 0.309 e. The van der Waals surface area contributed by atoms with Crippen LogP contribution in [0.5, 0.6) is 0 Å². The van der Waals surface area contributed by atoms with Crippen molar-refractivity contribution < 1.29 is 14.3 Å². The fraction of sp³-hybridized carbons (Fsp3) is 0.312. The normalized spacial score (nSPS) is 21.3. The molecule has 5 heteroatoms. The number of nitrogens with one attached hydrogen (secondary N) is 1. The molecule has 0 saturated carbocycles. The number of benzene rings is 1. The number of carbonyl (C=O) groups is 2. The molecule has 21 heavy (non-hydrogen) atoms. The van der Waals surface area contributed by atoms with Crippen molar-refractivity contribution in [3.05, 3.63) is 42.1 Å². The summed E-state index contributed by atoms with van der Waals surface area (Å²) in [5, 5.41) is 3.90. The van der Waals surface area contributed by atoms with Crippen LogP contribution in [0.4, 0.5) is 0 Å². The highest BCUT2D eigenvalue weighted by atomic mass is 16.5. The Hall–Kier alpha value is -2.43. The maximum atomic E-state index is 12.1. The summed E-state index contributed by atoms with van der Waals surface area (Å²) in [4.78, 5) is 27.6. The molecule has 1 fully saturated rings. The third-order valence-electron chi connectivity index (χ3n) is 3.85. The lowest BCUT2D eigenvalue weighted by Crippen LogP contribution is -2.33. The van der Waals surface area contributed by atoms with Gasteiger partial charge < -0.3 is 10.1 Å². The third-order valence-corrected chi connectivity index (χ3v) is 3.85. The molecule has 1 aliphatic heterocycles. The number of esters is 1. The van der Waals surface area contributed by atoms with Crippen LogP contribution in [-0.2, 0) is 20.9 Å². The number of cyclic esters (lactones) is 1. The predicted molar refractivity (Wildman–Crippen MR) is 77.2 cm³/mol. The molecule has 1 aromatic heterocycles. The number of carbonyl (C=O) groups excluding carboxylic acids is 2. The summed E-state index contributed by atoms with van der Waals surface area (Å²) in [5.41, 5.74) is 1.93. The predicted octanol–water partition coefficient (Wildman–Crippen LogP) is 1.66. The second kappa shape index (κ2) is 5.52. The van der Waals surface area contributed by atoms with Gasteiger partial charge in [0.25, 0.3) is 0 Å². The summed E-state index contributed by atoms with van der Waals surface area (Å²) >= 11 is 0. The van der Waals surface area contributed by atoms with E-state index in [9.17, 15) is 9.59 Å². The van der Waals surface area contributed by atoms with Gasteiger partial charge in [-0.3, -0.25) is 14.6 Å². The molecule has 2 aromatic rings. The quantitative estimate of drug-likeness (QED) is 0.870. The van der Waals surface area contributed by atoms with E-state index in [1.807, 2.05) is 30.3 Å². The summed E-state index contributed by atoms with van der Waals surface area (Å²) in [7, 11) is 0. The smallest absolute Gasteiger partial charge is 0.309 e. The number of fused-ring (bicyclic) bond motifs is 1. The van der Waals surface area contributed by atoms with Gasteiger partial charge in [0.2, 0.25) is 5.91 Å². The largest absolute Gasteiger partial charge is 0.465 e. The summed E-state index contributed by atoms with van der Waals surface area (Å²) in [6, 6.07) is 9.74. The van der Waals surface area contributed by atoms with Crippen LogP contribution in [-0.4, -0.2) is 23.5 Å². The van der Waals surface area contributed by atoms with Crippen LogP contribution in [0.15, 0.2) is 36.5 Å². The number of hydrogen-bond acceptors (Lipinski definition) is 4. The average Bonchev–Trinajstić information content (AvgIpc) is 2.84. The van der Waals surface area contributed by atoms with Gasteiger partial charge in [-0.25, -0.2) is 0 Å². The molecule has 1 N–H and O–H groups in total. The molecule has 1 aliphatic rings. The van der Waals surface area contributed by atoms with Gasteiger partial charge in [0.15, 0.2) is 0 Å². The van der Waals surface area contributed by atoms with E-state index in [0.29, 0.717) is 6.54 Å². The third kappa shape index (κ3) is 2.72. The first kappa shape index (κ1) is 13.5. The van der Waals surface area contributed by atoms with Gasteiger partial charge in [-0.1, -0.05) is 19.1 Å². The van der Waals surface area contributed by atoms with Gasteiger partial charge >= 0.3 is 5.97 Å². The van der Waals surface area contributed by atoms with E-state index in [0.717, 1.165) is 16.5 Å². The number of pyridine rings is 1. The SMILES string of the molecule is CC1C(=O)OCC1C(=O)NCc1ccc2ncccc2c1. The van der Waals surface area contributed by atoms with Crippen LogP contribution in [0.25, 0.3) is 10.9 Å². The molecule has 1 aromatic carbocycles. The van der Waals surface area contributed by atoms with E-state index in [4.69, 9.17) is 4.74 Å². The van der Waals surface area contributed by atoms with Crippen molar-refractivity contribution in [1.82, 2.24) is 10.3 Å². The van der Waals surface area contributed by atoms with Gasteiger partial charge in [0.1, 0.15) is 6.61 Å². The highest BCUT2D eigenvalue weighted by Gasteiger charge is 2.37. The number of amides is 1. The fourth-order valence-electron chi connectivity index (χ4n) is 2.47. The van der Waals surface area contributed by atoms with E-state index in [1.165, 1.54) is 0 Å². The zero-order chi connectivity index (χ0) is 14.8. The number of nitrogens with zero attached hydrogens (tertiary/aromatic N) is 1. The van der Waals surface area contributed by atoms with Crippen LogP contribution in [0, 0.1) is 11.8 Å². The van der Waals surface area contributed by atoms with Crippen LogP contribution < -0.4 is 5.32 Å². The Morgan fingerprint density at radius 2 is 2.29 bits per heavy atom. The fourth-order valence-corrected chi connectivity index (χ4v) is 2.47. The number of ether oxygens (including phenoxy) is 1. The summed E-state index contributed by atoms with van der Waals surface area (Å²) in [5.74, 6) is -1.20. The van der Waals surface area contributed by atoms with Crippen molar-refractivity contribution >= 4 is 22.8 Å². The number of hydrogen-bond donors (Lipinski definition) is 1. The molecule has 5 nitrogen and oxygen atoms in total. The van der Waals surface area contributed by atoms with E-state index >= 15 is 0 Å². The lowest BCUT2D eigenvalue weighted by atomic mass is 9.96. The molecule has 1 saturated heterocycles. The monoisotopic (exact) mass is 284 g/mol. The first-order valence-electron chi connectivity index (χ1n) is 6.93. The molecular weight excluding hydrogens is 268 g/mol. The molecule has 0 bridgehead atoms. The Morgan fingerprint density at radius 3 is 3.05 bits per heavy atom. The zero-order valence-corrected chi connectivity index (χ0v) is 11.7. The van der Waals surface area contributed by atoms with E-state index in [2.05, 4.69) is 10.3 Å². The van der Waals surface area contributed by atoms with Crippen LogP contribution in [0.3, 0.4) is 0 Å². The lowest BCUT2D eigenvalue weighted by Gasteiger charge is -2.12. The lowest BCUT2D eigenvalue weighted by molar-refractivity contribution is -0.141. The van der Waals surface area contributed by atoms with Crippen molar-refractivity contribution in [2.24, 2.45) is 11.8 Å². The zero-order valence-electron chi connectivity index (χ0n) is 11.7. The first-order chi connectivity index (χ1) is 10.1. The molecule has 0 aliphatic carbocycles. The second-order valence-corrected chi connectivity index (χ2v) is 5.27. The molecule has 2 atom stereocenters. The van der Waals surface area contributed by atoms with Gasteiger partial charge in [-0.05, 0) is 23.8 Å². The van der Waals surface area contributed by atoms with E-state index in [-0.39, 0.29) is 30.3 Å². The maximum absolute atomic E-state index is 12.1. The molecule has 0 spiro atoms. The minimum Gasteiger partial charge on any atom is -0.465 e. The van der Waals surface area contributed by atoms with Crippen LogP contribution >= 0.6 is 0 Å². The topological polar surface area (TPSA) is 68.3 Å². The van der Waals surface area contributed by atoms with Crippen LogP contribution in [0.1, 0.15) is 12.5 Å². The summed E-state index contributed by atoms with van der Waals surface area (Å²) in [6.07, 6.45) is 1.75. The van der Waals surface area contributed by atoms with Crippen molar-refractivity contribution in [1.29, 1.82) is 0 Å². The van der Waals surface area contributed by atoms with E-state index in [1.54, 1.807) is 13.1 Å². The molecular formula is C16H16N2O3. The minimum absolute atomic E-state index is 0.139. The van der Waals surface area contributed by atoms with Gasteiger partial charge in [0.05, 0.1) is 17.4 Å². The molecule has 3 rings (SSSR count). The van der Waals surface area contributed by atoms with Crippen molar-refractivity contribution in [3.8, 4) is 0 Å². The Labute approximate surface area is 122 Å². The van der Waals surface area contributed by atoms with Crippen LogP contribution in [0.2, 0.25) is 0 Å². The van der Waals surface area contributed by atoms with E-state index < -0.39 is 0 Å². The Morgan fingerprint density at radius 1 is 1.43 bits per heavy atom. The summed E-state index contributed by atoms with van der Waals surface area (Å²) in [6.45, 7) is 2.33. The number of rotatable bonds is 3. The molecule has 108 valence electrons. The average molecular weight is 284 g/mol. The van der Waals surface area contributed by atoms with Crippen molar-refractivity contribution in [2.75, 3.05) is 6.61 Å². The van der Waals surface area contributed by atoms with Gasteiger partial charge in [0, 0.05) is 18.1 Å². The molecule has 0 radical (unpaired) electrons. The first-order valence-corrected chi connectivity index (χ1v) is 6.93. The van der Waals surface area contributed by atoms with Gasteiger partial charge in [-0.15, -0.1) is 0 Å². The Bertz CT molecular complexity index is 699. The summed E-state index contributed by atoms with van der Waals surface area (Å²) < 4.78 is 4.90. The van der Waals surface area contributed by atoms with Crippen molar-refractivity contribution in [3.63, 3.8) is 0 Å². The Balaban J connectivity index is 1.66. The second-order valence-electron chi connectivity index (χ2n) is 5.27. The highest BCUT2D eigenvalue weighted by Crippen LogP contribution is 2.21. The van der Waals surface area contributed by atoms with Gasteiger partial charge in [-0.2, -0.15) is 0 Å². The molecule has 1 amide bonds. The molecule has 2 unspecified atom stereocenters. The standard InChI is InChI=1S/C16H16N2O3/c1-10-13(9-21-16(10)20)15(19)18-8-11-4-5-14-12(7-11)3-2-6-17-14/h2-7,10,13H,8-9H2,1H3,(H,18,19). The highest BCUT2D eigenvalue weighted by molar-refractivity contribution is 5.87. The molecule has 2 heterocycles. The minimum atomic E-state index is -0.389. The van der Waals surface area contributed by atoms with Crippen molar-refractivity contribution in [2.45, 2.75) is 13.5 Å².